The highest BCUT2D eigenvalue weighted by atomic mass is 32.2. The van der Waals surface area contributed by atoms with E-state index in [4.69, 9.17) is 12.2 Å². The fourth-order valence-electron chi connectivity index (χ4n) is 2.40. The Bertz CT molecular complexity index is 527. The summed E-state index contributed by atoms with van der Waals surface area (Å²) in [5, 5.41) is 11.4. The number of rotatable bonds is 4. The lowest BCUT2D eigenvalue weighted by atomic mass is 9.77. The van der Waals surface area contributed by atoms with E-state index in [1.54, 1.807) is 0 Å². The van der Waals surface area contributed by atoms with Crippen molar-refractivity contribution in [2.24, 2.45) is 5.92 Å². The van der Waals surface area contributed by atoms with Crippen molar-refractivity contribution in [1.82, 2.24) is 0 Å². The van der Waals surface area contributed by atoms with Gasteiger partial charge in [0.1, 0.15) is 5.60 Å². The number of thioether (sulfide) groups is 1. The number of thiocarbonyl (C=S) groups is 1. The van der Waals surface area contributed by atoms with Gasteiger partial charge < -0.3 is 5.11 Å². The molecule has 0 aliphatic heterocycles. The molecule has 0 fully saturated rings. The van der Waals surface area contributed by atoms with Gasteiger partial charge in [0.25, 0.3) is 0 Å². The molecule has 0 aliphatic rings. The Labute approximate surface area is 130 Å². The molecule has 0 saturated carbocycles. The van der Waals surface area contributed by atoms with Crippen LogP contribution in [-0.2, 0) is 5.60 Å². The topological polar surface area (TPSA) is 20.2 Å². The molecular formula is C17H18OS2. The largest absolute Gasteiger partial charge is 0.380 e. The van der Waals surface area contributed by atoms with Crippen molar-refractivity contribution in [1.29, 1.82) is 0 Å². The van der Waals surface area contributed by atoms with Crippen molar-refractivity contribution in [2.45, 2.75) is 12.5 Å². The van der Waals surface area contributed by atoms with Crippen molar-refractivity contribution < 1.29 is 5.11 Å². The summed E-state index contributed by atoms with van der Waals surface area (Å²) in [5.74, 6) is -0.155. The van der Waals surface area contributed by atoms with Gasteiger partial charge in [-0.1, -0.05) is 79.8 Å². The SMILES string of the molecule is CSC(=S)[C@@H](C)C(O)(c1ccccc1)c1ccccc1. The van der Waals surface area contributed by atoms with Crippen LogP contribution in [-0.4, -0.2) is 15.6 Å². The van der Waals surface area contributed by atoms with E-state index in [9.17, 15) is 5.11 Å². The van der Waals surface area contributed by atoms with Gasteiger partial charge in [-0.15, -0.1) is 11.8 Å². The molecule has 0 radical (unpaired) electrons. The van der Waals surface area contributed by atoms with E-state index in [2.05, 4.69) is 0 Å². The van der Waals surface area contributed by atoms with Gasteiger partial charge in [0.15, 0.2) is 0 Å². The minimum Gasteiger partial charge on any atom is -0.380 e. The van der Waals surface area contributed by atoms with Crippen LogP contribution in [0.25, 0.3) is 0 Å². The molecule has 0 spiro atoms. The number of hydrogen-bond donors (Lipinski definition) is 1. The van der Waals surface area contributed by atoms with E-state index in [1.807, 2.05) is 73.8 Å². The van der Waals surface area contributed by atoms with E-state index in [1.165, 1.54) is 11.8 Å². The van der Waals surface area contributed by atoms with Crippen LogP contribution in [0.3, 0.4) is 0 Å². The van der Waals surface area contributed by atoms with Crippen molar-refractivity contribution in [3.05, 3.63) is 71.8 Å². The van der Waals surface area contributed by atoms with Crippen LogP contribution >= 0.6 is 24.0 Å². The first-order valence-corrected chi connectivity index (χ1v) is 8.15. The lowest BCUT2D eigenvalue weighted by molar-refractivity contribution is 0.0527. The maximum Gasteiger partial charge on any atom is 0.122 e. The van der Waals surface area contributed by atoms with Gasteiger partial charge in [-0.05, 0) is 17.4 Å². The first-order valence-electron chi connectivity index (χ1n) is 6.52. The third kappa shape index (κ3) is 2.80. The highest BCUT2D eigenvalue weighted by Gasteiger charge is 2.39. The summed E-state index contributed by atoms with van der Waals surface area (Å²) in [5.41, 5.74) is 0.646. The molecule has 1 atom stereocenters. The smallest absolute Gasteiger partial charge is 0.122 e. The molecule has 2 aromatic carbocycles. The van der Waals surface area contributed by atoms with Gasteiger partial charge in [0, 0.05) is 5.92 Å². The van der Waals surface area contributed by atoms with Gasteiger partial charge in [-0.25, -0.2) is 0 Å². The number of benzene rings is 2. The van der Waals surface area contributed by atoms with Crippen LogP contribution in [0.4, 0.5) is 0 Å². The highest BCUT2D eigenvalue weighted by molar-refractivity contribution is 8.22. The molecular weight excluding hydrogens is 284 g/mol. The Kier molecular flexibility index (Phi) is 4.97. The molecule has 0 unspecified atom stereocenters. The molecule has 0 heterocycles. The van der Waals surface area contributed by atoms with Gasteiger partial charge in [-0.2, -0.15) is 0 Å². The van der Waals surface area contributed by atoms with Gasteiger partial charge in [-0.3, -0.25) is 0 Å². The van der Waals surface area contributed by atoms with E-state index < -0.39 is 5.60 Å². The van der Waals surface area contributed by atoms with Crippen molar-refractivity contribution >= 4 is 28.2 Å². The third-order valence-electron chi connectivity index (χ3n) is 3.61. The quantitative estimate of drug-likeness (QED) is 0.853. The second kappa shape index (κ2) is 6.53. The molecule has 0 aromatic heterocycles. The van der Waals surface area contributed by atoms with Crippen LogP contribution < -0.4 is 0 Å². The molecule has 20 heavy (non-hydrogen) atoms. The van der Waals surface area contributed by atoms with Crippen LogP contribution in [0, 0.1) is 5.92 Å². The Hall–Kier alpha value is -1.16. The summed E-state index contributed by atoms with van der Waals surface area (Å²) in [4.78, 5) is 0. The van der Waals surface area contributed by atoms with Crippen LogP contribution in [0.15, 0.2) is 60.7 Å². The van der Waals surface area contributed by atoms with Gasteiger partial charge in [0.2, 0.25) is 0 Å². The first-order chi connectivity index (χ1) is 9.60. The Balaban J connectivity index is 2.58. The zero-order valence-electron chi connectivity index (χ0n) is 11.6. The van der Waals surface area contributed by atoms with E-state index >= 15 is 0 Å². The predicted molar refractivity (Wildman–Crippen MR) is 91.2 cm³/mol. The lowest BCUT2D eigenvalue weighted by Crippen LogP contribution is -2.37. The summed E-state index contributed by atoms with van der Waals surface area (Å²) in [6.07, 6.45) is 1.95. The Morgan fingerprint density at radius 2 is 1.40 bits per heavy atom. The molecule has 0 bridgehead atoms. The van der Waals surface area contributed by atoms with E-state index in [-0.39, 0.29) is 5.92 Å². The highest BCUT2D eigenvalue weighted by Crippen LogP contribution is 2.39. The van der Waals surface area contributed by atoms with Crippen molar-refractivity contribution in [2.75, 3.05) is 6.26 Å². The maximum atomic E-state index is 11.4. The normalized spacial score (nSPS) is 12.9. The minimum absolute atomic E-state index is 0.155. The second-order valence-corrected chi connectivity index (χ2v) is 6.29. The fourth-order valence-corrected chi connectivity index (χ4v) is 3.09. The molecule has 0 saturated heterocycles. The molecule has 2 rings (SSSR count). The standard InChI is InChI=1S/C17H18OS2/c1-13(16(19)20-2)17(18,14-9-5-3-6-10-14)15-11-7-4-8-12-15/h3-13,18H,1-2H3/t13-/m1/s1. The second-order valence-electron chi connectivity index (χ2n) is 4.74. The number of aliphatic hydroxyl groups is 1. The van der Waals surface area contributed by atoms with E-state index in [0.717, 1.165) is 15.3 Å². The first kappa shape index (κ1) is 15.2. The third-order valence-corrected chi connectivity index (χ3v) is 5.22. The van der Waals surface area contributed by atoms with Gasteiger partial charge in [0.05, 0.1) is 4.20 Å². The zero-order chi connectivity index (χ0) is 14.6. The fraction of sp³-hybridized carbons (Fsp3) is 0.235. The zero-order valence-corrected chi connectivity index (χ0v) is 13.2. The predicted octanol–water partition coefficient (Wildman–Crippen LogP) is 4.25. The average Bonchev–Trinajstić information content (AvgIpc) is 2.54. The maximum absolute atomic E-state index is 11.4. The molecule has 2 aromatic rings. The van der Waals surface area contributed by atoms with Crippen molar-refractivity contribution in [3.63, 3.8) is 0 Å². The number of hydrogen-bond acceptors (Lipinski definition) is 3. The molecule has 1 N–H and O–H groups in total. The summed E-state index contributed by atoms with van der Waals surface area (Å²) >= 11 is 6.95. The monoisotopic (exact) mass is 302 g/mol. The molecule has 1 nitrogen and oxygen atoms in total. The van der Waals surface area contributed by atoms with Crippen molar-refractivity contribution in [3.8, 4) is 0 Å². The lowest BCUT2D eigenvalue weighted by Gasteiger charge is -2.35. The summed E-state index contributed by atoms with van der Waals surface area (Å²) in [7, 11) is 0. The Morgan fingerprint density at radius 3 is 1.75 bits per heavy atom. The minimum atomic E-state index is -1.09. The molecule has 0 aliphatic carbocycles. The molecule has 0 amide bonds. The van der Waals surface area contributed by atoms with Crippen LogP contribution in [0.5, 0.6) is 0 Å². The van der Waals surface area contributed by atoms with Crippen LogP contribution in [0.2, 0.25) is 0 Å². The summed E-state index contributed by atoms with van der Waals surface area (Å²) in [6.45, 7) is 1.98. The average molecular weight is 302 g/mol. The molecule has 104 valence electrons. The van der Waals surface area contributed by atoms with Gasteiger partial charge >= 0.3 is 0 Å². The molecule has 3 heteroatoms. The van der Waals surface area contributed by atoms with Crippen LogP contribution in [0.1, 0.15) is 18.1 Å². The Morgan fingerprint density at radius 1 is 1.00 bits per heavy atom. The van der Waals surface area contributed by atoms with E-state index in [0.29, 0.717) is 0 Å². The summed E-state index contributed by atoms with van der Waals surface area (Å²) in [6, 6.07) is 19.5. The summed E-state index contributed by atoms with van der Waals surface area (Å²) < 4.78 is 0.806.